The van der Waals surface area contributed by atoms with Gasteiger partial charge < -0.3 is 0 Å². The maximum absolute atomic E-state index is 7.84. The van der Waals surface area contributed by atoms with Crippen LogP contribution < -0.4 is 0 Å². The van der Waals surface area contributed by atoms with Gasteiger partial charge in [0, 0.05) is 9.37 Å². The molecule has 0 saturated heterocycles. The van der Waals surface area contributed by atoms with Crippen molar-refractivity contribution in [3.8, 4) is 0 Å². The number of rotatable bonds is 3. The molecule has 1 aromatic carbocycles. The van der Waals surface area contributed by atoms with Gasteiger partial charge in [-0.3, -0.25) is 0 Å². The van der Waals surface area contributed by atoms with Gasteiger partial charge >= 0.3 is 0 Å². The van der Waals surface area contributed by atoms with Crippen LogP contribution >= 0.6 is 28.0 Å². The Bertz CT molecular complexity index is 231. The summed E-state index contributed by atoms with van der Waals surface area (Å²) in [5.74, 6) is 0. The molecule has 0 aliphatic heterocycles. The van der Waals surface area contributed by atoms with Crippen molar-refractivity contribution in [3.63, 3.8) is 0 Å². The average molecular weight is 237 g/mol. The normalized spacial score (nSPS) is 10.0. The van der Waals surface area contributed by atoms with Crippen LogP contribution in [-0.2, 0) is 9.37 Å². The monoisotopic (exact) mass is 236 g/mol. The lowest BCUT2D eigenvalue weighted by atomic mass is 10.4. The van der Waals surface area contributed by atoms with Gasteiger partial charge in [0.05, 0.1) is 12.0 Å². The summed E-state index contributed by atoms with van der Waals surface area (Å²) in [6.45, 7) is 0. The molecular formula is C6H5BrO3S. The fourth-order valence-corrected chi connectivity index (χ4v) is 1.54. The molecule has 0 fully saturated rings. The van der Waals surface area contributed by atoms with Gasteiger partial charge in [0.2, 0.25) is 0 Å². The Kier molecular flexibility index (Phi) is 3.88. The van der Waals surface area contributed by atoms with E-state index in [9.17, 15) is 0 Å². The third-order valence-corrected chi connectivity index (χ3v) is 2.03. The van der Waals surface area contributed by atoms with E-state index in [1.807, 2.05) is 24.3 Å². The molecule has 0 radical (unpaired) electrons. The Balaban J connectivity index is 2.56. The highest BCUT2D eigenvalue weighted by Crippen LogP contribution is 2.22. The largest absolute Gasteiger partial charge is 0.220 e. The lowest BCUT2D eigenvalue weighted by Crippen LogP contribution is -1.77. The molecule has 0 heterocycles. The Morgan fingerprint density at radius 3 is 2.91 bits per heavy atom. The second-order valence-corrected chi connectivity index (χ2v) is 3.37. The van der Waals surface area contributed by atoms with Crippen molar-refractivity contribution >= 4 is 28.0 Å². The molecule has 0 amide bonds. The van der Waals surface area contributed by atoms with Gasteiger partial charge in [0.15, 0.2) is 0 Å². The minimum absolute atomic E-state index is 0.841. The Morgan fingerprint density at radius 1 is 1.45 bits per heavy atom. The number of hydrogen-bond acceptors (Lipinski definition) is 4. The van der Waals surface area contributed by atoms with Crippen LogP contribution in [0.15, 0.2) is 33.6 Å². The highest BCUT2D eigenvalue weighted by Gasteiger charge is 1.94. The van der Waals surface area contributed by atoms with Crippen molar-refractivity contribution in [2.75, 3.05) is 0 Å². The third kappa shape index (κ3) is 3.22. The number of halogens is 1. The van der Waals surface area contributed by atoms with Gasteiger partial charge in [-0.05, 0) is 18.2 Å². The molecule has 1 N–H and O–H groups in total. The van der Waals surface area contributed by atoms with Crippen LogP contribution in [-0.4, -0.2) is 5.26 Å². The maximum Gasteiger partial charge on any atom is 0.0714 e. The van der Waals surface area contributed by atoms with Crippen molar-refractivity contribution < 1.29 is 14.6 Å². The van der Waals surface area contributed by atoms with E-state index in [0.717, 1.165) is 21.4 Å². The van der Waals surface area contributed by atoms with Gasteiger partial charge in [0.1, 0.15) is 0 Å². The van der Waals surface area contributed by atoms with Gasteiger partial charge in [-0.1, -0.05) is 27.0 Å². The molecule has 0 bridgehead atoms. The lowest BCUT2D eigenvalue weighted by molar-refractivity contribution is -0.432. The van der Waals surface area contributed by atoms with Gasteiger partial charge in [-0.2, -0.15) is 0 Å². The molecule has 1 aromatic rings. The van der Waals surface area contributed by atoms with Crippen LogP contribution in [0, 0.1) is 0 Å². The quantitative estimate of drug-likeness (QED) is 0.498. The summed E-state index contributed by atoms with van der Waals surface area (Å²) in [6, 6.07) is 7.41. The first-order chi connectivity index (χ1) is 5.33. The van der Waals surface area contributed by atoms with Gasteiger partial charge in [-0.15, -0.1) is 4.33 Å². The Morgan fingerprint density at radius 2 is 2.27 bits per heavy atom. The van der Waals surface area contributed by atoms with E-state index in [1.165, 1.54) is 0 Å². The fourth-order valence-electron chi connectivity index (χ4n) is 0.573. The molecule has 11 heavy (non-hydrogen) atoms. The first kappa shape index (κ1) is 9.02. The summed E-state index contributed by atoms with van der Waals surface area (Å²) in [5, 5.41) is 11.3. The van der Waals surface area contributed by atoms with Crippen LogP contribution in [0.4, 0.5) is 0 Å². The molecule has 0 spiro atoms. The molecule has 0 saturated carbocycles. The van der Waals surface area contributed by atoms with E-state index in [1.54, 1.807) is 0 Å². The first-order valence-electron chi connectivity index (χ1n) is 2.73. The Labute approximate surface area is 76.5 Å². The lowest BCUT2D eigenvalue weighted by Gasteiger charge is -1.96. The third-order valence-electron chi connectivity index (χ3n) is 0.957. The van der Waals surface area contributed by atoms with Crippen molar-refractivity contribution in [3.05, 3.63) is 28.7 Å². The van der Waals surface area contributed by atoms with Gasteiger partial charge in [0.25, 0.3) is 0 Å². The molecule has 0 aromatic heterocycles. The summed E-state index contributed by atoms with van der Waals surface area (Å²) in [4.78, 5) is 0.841. The van der Waals surface area contributed by atoms with E-state index < -0.39 is 0 Å². The molecule has 5 heteroatoms. The molecule has 0 aliphatic rings. The van der Waals surface area contributed by atoms with E-state index in [2.05, 4.69) is 25.3 Å². The second kappa shape index (κ2) is 4.74. The van der Waals surface area contributed by atoms with E-state index >= 15 is 0 Å². The van der Waals surface area contributed by atoms with E-state index in [-0.39, 0.29) is 0 Å². The minimum Gasteiger partial charge on any atom is -0.220 e. The molecule has 0 atom stereocenters. The molecule has 60 valence electrons. The standard InChI is InChI=1S/C6H5BrO3S/c7-5-2-1-3-6(4-5)11-10-9-8/h1-4,8H. The topological polar surface area (TPSA) is 38.7 Å². The second-order valence-electron chi connectivity index (χ2n) is 1.68. The van der Waals surface area contributed by atoms with E-state index in [0.29, 0.717) is 0 Å². The highest BCUT2D eigenvalue weighted by molar-refractivity contribution is 9.10. The van der Waals surface area contributed by atoms with Crippen LogP contribution in [0.2, 0.25) is 0 Å². The van der Waals surface area contributed by atoms with Crippen molar-refractivity contribution in [2.24, 2.45) is 0 Å². The molecule has 0 unspecified atom stereocenters. The number of benzene rings is 1. The summed E-state index contributed by atoms with van der Waals surface area (Å²) in [6.07, 6.45) is 0. The average Bonchev–Trinajstić information content (AvgIpc) is 2.01. The zero-order valence-electron chi connectivity index (χ0n) is 5.36. The maximum atomic E-state index is 7.84. The summed E-state index contributed by atoms with van der Waals surface area (Å²) in [5.41, 5.74) is 0. The summed E-state index contributed by atoms with van der Waals surface area (Å²) in [7, 11) is 0. The van der Waals surface area contributed by atoms with Crippen molar-refractivity contribution in [1.82, 2.24) is 0 Å². The van der Waals surface area contributed by atoms with Crippen molar-refractivity contribution in [1.29, 1.82) is 0 Å². The minimum atomic E-state index is 0.841. The zero-order chi connectivity index (χ0) is 8.10. The molecule has 1 rings (SSSR count). The smallest absolute Gasteiger partial charge is 0.0714 e. The summed E-state index contributed by atoms with van der Waals surface area (Å²) < 4.78 is 5.17. The SMILES string of the molecule is OOOSc1cccc(Br)c1. The summed E-state index contributed by atoms with van der Waals surface area (Å²) >= 11 is 4.21. The zero-order valence-corrected chi connectivity index (χ0v) is 7.76. The first-order valence-corrected chi connectivity index (χ1v) is 4.26. The fraction of sp³-hybridized carbons (Fsp3) is 0. The van der Waals surface area contributed by atoms with Crippen LogP contribution in [0.5, 0.6) is 0 Å². The molecular weight excluding hydrogens is 232 g/mol. The molecule has 0 aliphatic carbocycles. The predicted octanol–water partition coefficient (Wildman–Crippen LogP) is 2.88. The predicted molar refractivity (Wildman–Crippen MR) is 44.8 cm³/mol. The Hall–Kier alpha value is -0.0700. The van der Waals surface area contributed by atoms with E-state index in [4.69, 9.17) is 5.26 Å². The molecule has 3 nitrogen and oxygen atoms in total. The van der Waals surface area contributed by atoms with Crippen LogP contribution in [0.25, 0.3) is 0 Å². The number of hydrogen-bond donors (Lipinski definition) is 1. The van der Waals surface area contributed by atoms with Crippen LogP contribution in [0.3, 0.4) is 0 Å². The van der Waals surface area contributed by atoms with Crippen LogP contribution in [0.1, 0.15) is 0 Å². The van der Waals surface area contributed by atoms with Crippen molar-refractivity contribution in [2.45, 2.75) is 4.90 Å². The van der Waals surface area contributed by atoms with Gasteiger partial charge in [-0.25, -0.2) is 5.26 Å². The highest BCUT2D eigenvalue weighted by atomic mass is 79.9.